The zero-order valence-electron chi connectivity index (χ0n) is 10.1. The molecule has 0 aliphatic heterocycles. The monoisotopic (exact) mass is 250 g/mol. The lowest BCUT2D eigenvalue weighted by atomic mass is 10.2. The number of hydrogen-bond acceptors (Lipinski definition) is 4. The molecule has 0 heterocycles. The summed E-state index contributed by atoms with van der Waals surface area (Å²) in [5.74, 6) is -1.13. The van der Waals surface area contributed by atoms with Crippen molar-refractivity contribution in [2.24, 2.45) is 5.10 Å². The highest BCUT2D eigenvalue weighted by atomic mass is 16.5. The molecule has 0 spiro atoms. The van der Waals surface area contributed by atoms with Crippen molar-refractivity contribution in [3.8, 4) is 5.75 Å². The van der Waals surface area contributed by atoms with Crippen molar-refractivity contribution >= 4 is 17.6 Å². The normalized spacial score (nSPS) is 10.9. The molecule has 0 atom stereocenters. The van der Waals surface area contributed by atoms with Crippen LogP contribution in [0.4, 0.5) is 0 Å². The molecule has 0 bridgehead atoms. The summed E-state index contributed by atoms with van der Waals surface area (Å²) in [5, 5.41) is 11.9. The van der Waals surface area contributed by atoms with Gasteiger partial charge in [-0.15, -0.1) is 0 Å². The molecule has 2 N–H and O–H groups in total. The fourth-order valence-electron chi connectivity index (χ4n) is 1.08. The molecule has 0 aromatic heterocycles. The molecule has 6 heteroatoms. The second kappa shape index (κ2) is 6.39. The van der Waals surface area contributed by atoms with E-state index in [1.807, 2.05) is 19.1 Å². The van der Waals surface area contributed by atoms with Gasteiger partial charge in [-0.3, -0.25) is 4.79 Å². The summed E-state index contributed by atoms with van der Waals surface area (Å²) in [6, 6.07) is 7.24. The molecule has 1 amide bonds. The Morgan fingerprint density at radius 3 is 2.78 bits per heavy atom. The second-order valence-electron chi connectivity index (χ2n) is 3.64. The Morgan fingerprint density at radius 2 is 2.17 bits per heavy atom. The van der Waals surface area contributed by atoms with Crippen molar-refractivity contribution in [1.82, 2.24) is 5.43 Å². The van der Waals surface area contributed by atoms with Crippen LogP contribution < -0.4 is 10.2 Å². The van der Waals surface area contributed by atoms with Crippen molar-refractivity contribution in [3.05, 3.63) is 29.8 Å². The standard InChI is InChI=1S/C12H14N2O4/c1-8-4-3-5-10(6-8)18-7-11(15)14-13-9(2)12(16)17/h3-6H,7H2,1-2H3,(H,14,15)(H,16,17)/b13-9+. The topological polar surface area (TPSA) is 88.0 Å². The highest BCUT2D eigenvalue weighted by Crippen LogP contribution is 2.11. The first-order valence-electron chi connectivity index (χ1n) is 5.25. The Morgan fingerprint density at radius 1 is 1.44 bits per heavy atom. The predicted molar refractivity (Wildman–Crippen MR) is 65.6 cm³/mol. The van der Waals surface area contributed by atoms with Crippen LogP contribution >= 0.6 is 0 Å². The molecule has 0 saturated carbocycles. The number of hydrazone groups is 1. The SMILES string of the molecule is C/C(=N\NC(=O)COc1cccc(C)c1)C(=O)O. The molecule has 0 aliphatic rings. The minimum atomic E-state index is -1.19. The summed E-state index contributed by atoms with van der Waals surface area (Å²) in [6.07, 6.45) is 0. The number of hydrogen-bond donors (Lipinski definition) is 2. The van der Waals surface area contributed by atoms with E-state index in [0.29, 0.717) is 5.75 Å². The lowest BCUT2D eigenvalue weighted by Gasteiger charge is -2.05. The van der Waals surface area contributed by atoms with Gasteiger partial charge in [-0.2, -0.15) is 5.10 Å². The number of ether oxygens (including phenoxy) is 1. The van der Waals surface area contributed by atoms with Gasteiger partial charge >= 0.3 is 5.97 Å². The zero-order valence-corrected chi connectivity index (χ0v) is 10.1. The van der Waals surface area contributed by atoms with Gasteiger partial charge in [0.15, 0.2) is 6.61 Å². The van der Waals surface area contributed by atoms with Gasteiger partial charge in [0.25, 0.3) is 5.91 Å². The molecule has 18 heavy (non-hydrogen) atoms. The van der Waals surface area contributed by atoms with E-state index in [2.05, 4.69) is 10.5 Å². The summed E-state index contributed by atoms with van der Waals surface area (Å²) in [7, 11) is 0. The lowest BCUT2D eigenvalue weighted by Crippen LogP contribution is -2.26. The van der Waals surface area contributed by atoms with E-state index in [1.165, 1.54) is 6.92 Å². The number of rotatable bonds is 5. The highest BCUT2D eigenvalue weighted by Gasteiger charge is 2.05. The van der Waals surface area contributed by atoms with E-state index in [0.717, 1.165) is 5.56 Å². The first-order valence-corrected chi connectivity index (χ1v) is 5.25. The van der Waals surface area contributed by atoms with Crippen LogP contribution in [-0.2, 0) is 9.59 Å². The molecule has 1 rings (SSSR count). The molecule has 0 radical (unpaired) electrons. The van der Waals surface area contributed by atoms with E-state index in [9.17, 15) is 9.59 Å². The number of benzene rings is 1. The van der Waals surface area contributed by atoms with Crippen LogP contribution in [-0.4, -0.2) is 29.3 Å². The molecular weight excluding hydrogens is 236 g/mol. The maximum atomic E-state index is 11.3. The summed E-state index contributed by atoms with van der Waals surface area (Å²) in [4.78, 5) is 21.7. The van der Waals surface area contributed by atoms with Gasteiger partial charge < -0.3 is 9.84 Å². The van der Waals surface area contributed by atoms with E-state index >= 15 is 0 Å². The summed E-state index contributed by atoms with van der Waals surface area (Å²) in [6.45, 7) is 2.97. The average Bonchev–Trinajstić information content (AvgIpc) is 2.33. The van der Waals surface area contributed by atoms with Gasteiger partial charge in [-0.05, 0) is 31.5 Å². The third-order valence-electron chi connectivity index (χ3n) is 2.02. The third-order valence-corrected chi connectivity index (χ3v) is 2.02. The fourth-order valence-corrected chi connectivity index (χ4v) is 1.08. The van der Waals surface area contributed by atoms with E-state index in [-0.39, 0.29) is 12.3 Å². The van der Waals surface area contributed by atoms with Gasteiger partial charge in [0, 0.05) is 0 Å². The number of nitrogens with zero attached hydrogens (tertiary/aromatic N) is 1. The highest BCUT2D eigenvalue weighted by molar-refractivity contribution is 6.34. The number of carbonyl (C=O) groups excluding carboxylic acids is 1. The van der Waals surface area contributed by atoms with Crippen molar-refractivity contribution < 1.29 is 19.4 Å². The predicted octanol–water partition coefficient (Wildman–Crippen LogP) is 0.951. The number of carboxylic acid groups (broad SMARTS) is 1. The van der Waals surface area contributed by atoms with Crippen molar-refractivity contribution in [1.29, 1.82) is 0 Å². The smallest absolute Gasteiger partial charge is 0.351 e. The van der Waals surface area contributed by atoms with Crippen LogP contribution in [0.25, 0.3) is 0 Å². The quantitative estimate of drug-likeness (QED) is 0.601. The summed E-state index contributed by atoms with van der Waals surface area (Å²) >= 11 is 0. The van der Waals surface area contributed by atoms with Gasteiger partial charge in [-0.25, -0.2) is 10.2 Å². The van der Waals surface area contributed by atoms with Gasteiger partial charge in [0.2, 0.25) is 0 Å². The van der Waals surface area contributed by atoms with Crippen molar-refractivity contribution in [2.45, 2.75) is 13.8 Å². The maximum absolute atomic E-state index is 11.3. The molecular formula is C12H14N2O4. The second-order valence-corrected chi connectivity index (χ2v) is 3.64. The Balaban J connectivity index is 2.42. The summed E-state index contributed by atoms with van der Waals surface area (Å²) < 4.78 is 5.21. The van der Waals surface area contributed by atoms with E-state index in [4.69, 9.17) is 9.84 Å². The first-order chi connectivity index (χ1) is 8.49. The number of amides is 1. The largest absolute Gasteiger partial charge is 0.484 e. The maximum Gasteiger partial charge on any atom is 0.351 e. The van der Waals surface area contributed by atoms with Gasteiger partial charge in [0.05, 0.1) is 0 Å². The van der Waals surface area contributed by atoms with Crippen LogP contribution in [0.1, 0.15) is 12.5 Å². The van der Waals surface area contributed by atoms with Crippen LogP contribution in [0, 0.1) is 6.92 Å². The minimum Gasteiger partial charge on any atom is -0.484 e. The lowest BCUT2D eigenvalue weighted by molar-refractivity contribution is -0.129. The first kappa shape index (κ1) is 13.7. The van der Waals surface area contributed by atoms with Gasteiger partial charge in [0.1, 0.15) is 11.5 Å². The number of carboxylic acids is 1. The number of aliphatic carboxylic acids is 1. The van der Waals surface area contributed by atoms with Gasteiger partial charge in [-0.1, -0.05) is 12.1 Å². The molecule has 96 valence electrons. The molecule has 0 aliphatic carbocycles. The van der Waals surface area contributed by atoms with E-state index < -0.39 is 11.9 Å². The van der Waals surface area contributed by atoms with Crippen LogP contribution in [0.3, 0.4) is 0 Å². The Kier molecular flexibility index (Phi) is 4.86. The van der Waals surface area contributed by atoms with E-state index in [1.54, 1.807) is 12.1 Å². The number of nitrogens with one attached hydrogen (secondary N) is 1. The Hall–Kier alpha value is -2.37. The van der Waals surface area contributed by atoms with Crippen molar-refractivity contribution in [2.75, 3.05) is 6.61 Å². The molecule has 0 fully saturated rings. The summed E-state index contributed by atoms with van der Waals surface area (Å²) in [5.41, 5.74) is 2.92. The van der Waals surface area contributed by atoms with Crippen molar-refractivity contribution in [3.63, 3.8) is 0 Å². The molecule has 1 aromatic carbocycles. The molecule has 0 saturated heterocycles. The van der Waals surface area contributed by atoms with Crippen LogP contribution in [0.5, 0.6) is 5.75 Å². The number of aryl methyl sites for hydroxylation is 1. The minimum absolute atomic E-state index is 0.195. The average molecular weight is 250 g/mol. The zero-order chi connectivity index (χ0) is 13.5. The number of carbonyl (C=O) groups is 2. The molecule has 6 nitrogen and oxygen atoms in total. The van der Waals surface area contributed by atoms with Crippen LogP contribution in [0.2, 0.25) is 0 Å². The van der Waals surface area contributed by atoms with Crippen LogP contribution in [0.15, 0.2) is 29.4 Å². The molecule has 0 unspecified atom stereocenters. The molecule has 1 aromatic rings. The Labute approximate surface area is 104 Å². The fraction of sp³-hybridized carbons (Fsp3) is 0.250. The Bertz CT molecular complexity index is 483. The third kappa shape index (κ3) is 4.65.